The van der Waals surface area contributed by atoms with Crippen molar-refractivity contribution in [3.05, 3.63) is 0 Å². The van der Waals surface area contributed by atoms with E-state index in [-0.39, 0.29) is 0 Å². The highest BCUT2D eigenvalue weighted by Gasteiger charge is 2.16. The minimum Gasteiger partial charge on any atom is -0.379 e. The molecule has 1 fully saturated rings. The molecule has 0 radical (unpaired) electrons. The van der Waals surface area contributed by atoms with Crippen LogP contribution in [-0.2, 0) is 4.74 Å². The summed E-state index contributed by atoms with van der Waals surface area (Å²) in [5, 5.41) is 0. The van der Waals surface area contributed by atoms with Crippen molar-refractivity contribution in [2.24, 2.45) is 5.41 Å². The number of nitrogens with zero attached hydrogens (tertiary/aromatic N) is 1. The van der Waals surface area contributed by atoms with Crippen molar-refractivity contribution in [2.75, 3.05) is 44.4 Å². The topological polar surface area (TPSA) is 12.5 Å². The lowest BCUT2D eigenvalue weighted by Gasteiger charge is -2.26. The summed E-state index contributed by atoms with van der Waals surface area (Å²) in [6.07, 6.45) is 2.63. The van der Waals surface area contributed by atoms with Gasteiger partial charge >= 0.3 is 0 Å². The van der Waals surface area contributed by atoms with Gasteiger partial charge < -0.3 is 4.74 Å². The van der Waals surface area contributed by atoms with Gasteiger partial charge in [-0.15, -0.1) is 0 Å². The summed E-state index contributed by atoms with van der Waals surface area (Å²) in [5.74, 6) is 2.52. The number of ether oxygens (including phenoxy) is 1. The van der Waals surface area contributed by atoms with Crippen LogP contribution in [0.4, 0.5) is 0 Å². The maximum absolute atomic E-state index is 5.35. The van der Waals surface area contributed by atoms with Crippen LogP contribution in [0.3, 0.4) is 0 Å². The molecule has 1 aliphatic rings. The Hall–Kier alpha value is 0.620. The van der Waals surface area contributed by atoms with Gasteiger partial charge in [0, 0.05) is 31.1 Å². The third-order valence-corrected chi connectivity index (χ3v) is 5.82. The summed E-state index contributed by atoms with van der Waals surface area (Å²) >= 11 is 0. The van der Waals surface area contributed by atoms with Crippen molar-refractivity contribution in [3.8, 4) is 0 Å². The Labute approximate surface area is 115 Å². The van der Waals surface area contributed by atoms with Gasteiger partial charge in [0.15, 0.2) is 0 Å². The van der Waals surface area contributed by atoms with Crippen molar-refractivity contribution < 1.29 is 4.74 Å². The molecule has 0 saturated carbocycles. The van der Waals surface area contributed by atoms with Crippen molar-refractivity contribution >= 4 is 21.6 Å². The minimum atomic E-state index is 0.505. The predicted octanol–water partition coefficient (Wildman–Crippen LogP) is 3.53. The van der Waals surface area contributed by atoms with Gasteiger partial charge in [0.2, 0.25) is 0 Å². The summed E-state index contributed by atoms with van der Waals surface area (Å²) in [5.41, 5.74) is 0.505. The molecule has 1 saturated heterocycles. The lowest BCUT2D eigenvalue weighted by molar-refractivity contribution is 0.0410. The van der Waals surface area contributed by atoms with Gasteiger partial charge in [0.1, 0.15) is 0 Å². The van der Waals surface area contributed by atoms with E-state index in [9.17, 15) is 0 Å². The Morgan fingerprint density at radius 1 is 1.18 bits per heavy atom. The standard InChI is InChI=1S/C13H27NOS2/c1-4-5-13(2,3)12-17-16-11-8-14-6-9-15-10-7-14/h4-12H2,1-3H3. The van der Waals surface area contributed by atoms with Gasteiger partial charge in [-0.2, -0.15) is 0 Å². The molecular weight excluding hydrogens is 250 g/mol. The van der Waals surface area contributed by atoms with E-state index in [0.717, 1.165) is 26.3 Å². The van der Waals surface area contributed by atoms with E-state index in [1.165, 1.54) is 30.9 Å². The first-order valence-corrected chi connectivity index (χ1v) is 9.17. The van der Waals surface area contributed by atoms with Gasteiger partial charge in [-0.25, -0.2) is 0 Å². The molecule has 0 atom stereocenters. The van der Waals surface area contributed by atoms with Crippen molar-refractivity contribution in [1.82, 2.24) is 4.90 Å². The SMILES string of the molecule is CCCC(C)(C)CSSCCN1CCOCC1. The second-order valence-electron chi connectivity index (χ2n) is 5.45. The first-order chi connectivity index (χ1) is 8.14. The highest BCUT2D eigenvalue weighted by atomic mass is 33.1. The molecule has 0 bridgehead atoms. The van der Waals surface area contributed by atoms with Gasteiger partial charge in [-0.05, 0) is 11.8 Å². The van der Waals surface area contributed by atoms with Crippen LogP contribution in [0.15, 0.2) is 0 Å². The monoisotopic (exact) mass is 277 g/mol. The van der Waals surface area contributed by atoms with Crippen LogP contribution >= 0.6 is 21.6 Å². The van der Waals surface area contributed by atoms with E-state index in [2.05, 4.69) is 25.7 Å². The molecule has 0 aromatic heterocycles. The Balaban J connectivity index is 1.96. The molecule has 4 heteroatoms. The maximum Gasteiger partial charge on any atom is 0.0594 e. The average Bonchev–Trinajstić information content (AvgIpc) is 2.30. The maximum atomic E-state index is 5.35. The van der Waals surface area contributed by atoms with Crippen LogP contribution in [0.25, 0.3) is 0 Å². The molecule has 0 amide bonds. The molecular formula is C13H27NOS2. The molecule has 0 aromatic rings. The van der Waals surface area contributed by atoms with Gasteiger partial charge in [-0.1, -0.05) is 48.8 Å². The van der Waals surface area contributed by atoms with E-state index in [0.29, 0.717) is 5.41 Å². The fourth-order valence-electron chi connectivity index (χ4n) is 2.00. The van der Waals surface area contributed by atoms with E-state index in [1.807, 2.05) is 21.6 Å². The molecule has 1 heterocycles. The summed E-state index contributed by atoms with van der Waals surface area (Å²) in [6, 6.07) is 0. The Bertz CT molecular complexity index is 194. The molecule has 1 rings (SSSR count). The van der Waals surface area contributed by atoms with Gasteiger partial charge in [0.25, 0.3) is 0 Å². The number of rotatable bonds is 8. The first kappa shape index (κ1) is 15.7. The normalized spacial score (nSPS) is 18.5. The average molecular weight is 277 g/mol. The summed E-state index contributed by atoms with van der Waals surface area (Å²) in [6.45, 7) is 12.3. The van der Waals surface area contributed by atoms with Crippen LogP contribution in [0.1, 0.15) is 33.6 Å². The van der Waals surface area contributed by atoms with Crippen LogP contribution < -0.4 is 0 Å². The fourth-order valence-corrected chi connectivity index (χ4v) is 4.78. The minimum absolute atomic E-state index is 0.505. The highest BCUT2D eigenvalue weighted by molar-refractivity contribution is 8.76. The van der Waals surface area contributed by atoms with Crippen molar-refractivity contribution in [3.63, 3.8) is 0 Å². The van der Waals surface area contributed by atoms with Crippen LogP contribution in [0.2, 0.25) is 0 Å². The molecule has 2 nitrogen and oxygen atoms in total. The number of morpholine rings is 1. The molecule has 102 valence electrons. The lowest BCUT2D eigenvalue weighted by atomic mass is 9.91. The summed E-state index contributed by atoms with van der Waals surface area (Å²) in [4.78, 5) is 2.51. The first-order valence-electron chi connectivity index (χ1n) is 6.68. The number of hydrogen-bond acceptors (Lipinski definition) is 4. The van der Waals surface area contributed by atoms with Gasteiger partial charge in [-0.3, -0.25) is 4.90 Å². The summed E-state index contributed by atoms with van der Waals surface area (Å²) < 4.78 is 5.35. The molecule has 17 heavy (non-hydrogen) atoms. The molecule has 0 aromatic carbocycles. The van der Waals surface area contributed by atoms with E-state index in [1.54, 1.807) is 0 Å². The van der Waals surface area contributed by atoms with Crippen LogP contribution in [0.5, 0.6) is 0 Å². The van der Waals surface area contributed by atoms with Crippen LogP contribution in [0, 0.1) is 5.41 Å². The molecule has 0 aliphatic carbocycles. The second-order valence-corrected chi connectivity index (χ2v) is 8.03. The zero-order chi connectivity index (χ0) is 12.6. The van der Waals surface area contributed by atoms with E-state index in [4.69, 9.17) is 4.74 Å². The zero-order valence-corrected chi connectivity index (χ0v) is 13.2. The Kier molecular flexibility index (Phi) is 8.00. The second kappa shape index (κ2) is 8.68. The van der Waals surface area contributed by atoms with E-state index < -0.39 is 0 Å². The van der Waals surface area contributed by atoms with Crippen molar-refractivity contribution in [1.29, 1.82) is 0 Å². The smallest absolute Gasteiger partial charge is 0.0594 e. The molecule has 1 aliphatic heterocycles. The number of hydrogen-bond donors (Lipinski definition) is 0. The van der Waals surface area contributed by atoms with Crippen LogP contribution in [-0.4, -0.2) is 49.3 Å². The molecule has 0 unspecified atom stereocenters. The fraction of sp³-hybridized carbons (Fsp3) is 1.00. The predicted molar refractivity (Wildman–Crippen MR) is 80.9 cm³/mol. The third kappa shape index (κ3) is 7.60. The zero-order valence-electron chi connectivity index (χ0n) is 11.5. The summed E-state index contributed by atoms with van der Waals surface area (Å²) in [7, 11) is 4.08. The van der Waals surface area contributed by atoms with Crippen molar-refractivity contribution in [2.45, 2.75) is 33.6 Å². The largest absolute Gasteiger partial charge is 0.379 e. The lowest BCUT2D eigenvalue weighted by Crippen LogP contribution is -2.37. The van der Waals surface area contributed by atoms with Gasteiger partial charge in [0.05, 0.1) is 13.2 Å². The Morgan fingerprint density at radius 3 is 2.53 bits per heavy atom. The Morgan fingerprint density at radius 2 is 1.88 bits per heavy atom. The molecule has 0 spiro atoms. The third-order valence-electron chi connectivity index (χ3n) is 3.05. The molecule has 0 N–H and O–H groups in total. The quantitative estimate of drug-likeness (QED) is 0.497. The highest BCUT2D eigenvalue weighted by Crippen LogP contribution is 2.33. The van der Waals surface area contributed by atoms with E-state index >= 15 is 0 Å².